The summed E-state index contributed by atoms with van der Waals surface area (Å²) in [4.78, 5) is 24.7. The molecular weight excluding hydrogens is 210 g/mol. The molecule has 1 amide bonds. The zero-order valence-electron chi connectivity index (χ0n) is 9.39. The number of hydrogen-bond donors (Lipinski definition) is 0. The van der Waals surface area contributed by atoms with Crippen LogP contribution in [0.25, 0.3) is 0 Å². The van der Waals surface area contributed by atoms with Gasteiger partial charge in [-0.3, -0.25) is 4.90 Å². The van der Waals surface area contributed by atoms with Gasteiger partial charge in [0, 0.05) is 0 Å². The van der Waals surface area contributed by atoms with Gasteiger partial charge < -0.3 is 9.47 Å². The Bertz CT molecular complexity index is 410. The van der Waals surface area contributed by atoms with E-state index in [9.17, 15) is 9.59 Å². The molecule has 2 unspecified atom stereocenters. The van der Waals surface area contributed by atoms with Crippen LogP contribution in [0.2, 0.25) is 0 Å². The van der Waals surface area contributed by atoms with Gasteiger partial charge >= 0.3 is 12.1 Å². The molecule has 2 aliphatic heterocycles. The summed E-state index contributed by atoms with van der Waals surface area (Å²) in [5, 5.41) is 0. The van der Waals surface area contributed by atoms with Crippen molar-refractivity contribution in [2.75, 3.05) is 14.2 Å². The van der Waals surface area contributed by atoms with Gasteiger partial charge in [-0.1, -0.05) is 12.2 Å². The predicted molar refractivity (Wildman–Crippen MR) is 55.7 cm³/mol. The molecule has 0 aliphatic carbocycles. The van der Waals surface area contributed by atoms with Gasteiger partial charge in [-0.25, -0.2) is 9.59 Å². The Kier molecular flexibility index (Phi) is 2.46. The maximum Gasteiger partial charge on any atom is 0.411 e. The van der Waals surface area contributed by atoms with Gasteiger partial charge in [-0.05, 0) is 12.5 Å². The Morgan fingerprint density at radius 1 is 1.19 bits per heavy atom. The maximum atomic E-state index is 11.6. The number of methoxy groups -OCH3 is 2. The molecule has 5 heteroatoms. The van der Waals surface area contributed by atoms with Crippen molar-refractivity contribution in [3.05, 3.63) is 23.3 Å². The summed E-state index contributed by atoms with van der Waals surface area (Å²) < 4.78 is 9.40. The standard InChI is InChI=1S/C11H13NO4/c1-6-7-4-5-8(9(6)10(13)15-2)12(7)11(14)16-3/h4-5,7-8H,1-3H3. The van der Waals surface area contributed by atoms with E-state index < -0.39 is 6.09 Å². The third-order valence-electron chi connectivity index (χ3n) is 3.03. The van der Waals surface area contributed by atoms with Gasteiger partial charge in [0.05, 0.1) is 31.9 Å². The minimum absolute atomic E-state index is 0.174. The Labute approximate surface area is 93.3 Å². The smallest absolute Gasteiger partial charge is 0.411 e. The monoisotopic (exact) mass is 223 g/mol. The van der Waals surface area contributed by atoms with Crippen LogP contribution in [0.3, 0.4) is 0 Å². The molecule has 2 rings (SSSR count). The van der Waals surface area contributed by atoms with Crippen molar-refractivity contribution in [1.29, 1.82) is 0 Å². The van der Waals surface area contributed by atoms with Gasteiger partial charge in [0.15, 0.2) is 0 Å². The Morgan fingerprint density at radius 3 is 2.38 bits per heavy atom. The lowest BCUT2D eigenvalue weighted by atomic mass is 9.99. The van der Waals surface area contributed by atoms with Crippen molar-refractivity contribution in [2.24, 2.45) is 0 Å². The van der Waals surface area contributed by atoms with Gasteiger partial charge in [0.25, 0.3) is 0 Å². The number of esters is 1. The van der Waals surface area contributed by atoms with Crippen LogP contribution >= 0.6 is 0 Å². The Hall–Kier alpha value is -1.78. The van der Waals surface area contributed by atoms with Crippen molar-refractivity contribution in [1.82, 2.24) is 4.90 Å². The van der Waals surface area contributed by atoms with Crippen LogP contribution in [0.4, 0.5) is 4.79 Å². The fraction of sp³-hybridized carbons (Fsp3) is 0.455. The molecule has 16 heavy (non-hydrogen) atoms. The van der Waals surface area contributed by atoms with E-state index in [1.54, 1.807) is 0 Å². The largest absolute Gasteiger partial charge is 0.466 e. The molecule has 0 N–H and O–H groups in total. The van der Waals surface area contributed by atoms with E-state index in [0.717, 1.165) is 5.57 Å². The highest BCUT2D eigenvalue weighted by Crippen LogP contribution is 2.37. The predicted octanol–water partition coefficient (Wildman–Crippen LogP) is 0.865. The Morgan fingerprint density at radius 2 is 1.81 bits per heavy atom. The molecule has 0 fully saturated rings. The van der Waals surface area contributed by atoms with E-state index in [4.69, 9.17) is 9.47 Å². The topological polar surface area (TPSA) is 55.8 Å². The lowest BCUT2D eigenvalue weighted by molar-refractivity contribution is -0.136. The lowest BCUT2D eigenvalue weighted by Crippen LogP contribution is -2.38. The highest BCUT2D eigenvalue weighted by Gasteiger charge is 2.46. The number of nitrogens with zero attached hydrogens (tertiary/aromatic N) is 1. The number of fused-ring (bicyclic) bond motifs is 2. The van der Waals surface area contributed by atoms with Crippen LogP contribution in [0, 0.1) is 0 Å². The SMILES string of the molecule is COC(=O)C1=C(C)C2C=CC1N2C(=O)OC. The van der Waals surface area contributed by atoms with E-state index in [1.807, 2.05) is 19.1 Å². The van der Waals surface area contributed by atoms with Crippen LogP contribution in [-0.2, 0) is 14.3 Å². The van der Waals surface area contributed by atoms with Crippen molar-refractivity contribution >= 4 is 12.1 Å². The molecule has 0 aromatic heterocycles. The van der Waals surface area contributed by atoms with Crippen LogP contribution in [0.5, 0.6) is 0 Å². The lowest BCUT2D eigenvalue weighted by Gasteiger charge is -2.21. The van der Waals surface area contributed by atoms with Crippen LogP contribution in [-0.4, -0.2) is 43.3 Å². The molecule has 0 aromatic carbocycles. The zero-order chi connectivity index (χ0) is 11.9. The molecule has 0 saturated heterocycles. The molecule has 0 saturated carbocycles. The van der Waals surface area contributed by atoms with Crippen molar-refractivity contribution < 1.29 is 19.1 Å². The molecule has 5 nitrogen and oxygen atoms in total. The van der Waals surface area contributed by atoms with Crippen molar-refractivity contribution in [3.8, 4) is 0 Å². The van der Waals surface area contributed by atoms with E-state index in [1.165, 1.54) is 19.1 Å². The number of ether oxygens (including phenoxy) is 2. The number of amides is 1. The van der Waals surface area contributed by atoms with Gasteiger partial charge in [0.2, 0.25) is 0 Å². The average molecular weight is 223 g/mol. The van der Waals surface area contributed by atoms with Crippen LogP contribution in [0.1, 0.15) is 6.92 Å². The summed E-state index contributed by atoms with van der Waals surface area (Å²) in [6.07, 6.45) is 3.28. The van der Waals surface area contributed by atoms with Crippen LogP contribution in [0.15, 0.2) is 23.3 Å². The van der Waals surface area contributed by atoms with Gasteiger partial charge in [0.1, 0.15) is 0 Å². The average Bonchev–Trinajstić information content (AvgIpc) is 2.82. The Balaban J connectivity index is 2.32. The molecule has 0 spiro atoms. The highest BCUT2D eigenvalue weighted by atomic mass is 16.5. The highest BCUT2D eigenvalue weighted by molar-refractivity contribution is 5.94. The fourth-order valence-electron chi connectivity index (χ4n) is 2.27. The third kappa shape index (κ3) is 1.24. The molecule has 2 heterocycles. The number of rotatable bonds is 1. The first-order valence-electron chi connectivity index (χ1n) is 4.95. The summed E-state index contributed by atoms with van der Waals surface area (Å²) in [6.45, 7) is 1.83. The van der Waals surface area contributed by atoms with Crippen molar-refractivity contribution in [3.63, 3.8) is 0 Å². The molecule has 2 bridgehead atoms. The maximum absolute atomic E-state index is 11.6. The molecule has 86 valence electrons. The molecule has 0 radical (unpaired) electrons. The summed E-state index contributed by atoms with van der Waals surface area (Å²) in [5.41, 5.74) is 1.39. The molecular formula is C11H13NO4. The third-order valence-corrected chi connectivity index (χ3v) is 3.03. The second kappa shape index (κ2) is 3.66. The zero-order valence-corrected chi connectivity index (χ0v) is 9.39. The first kappa shape index (κ1) is 10.7. The van der Waals surface area contributed by atoms with Gasteiger partial charge in [-0.2, -0.15) is 0 Å². The summed E-state index contributed by atoms with van der Waals surface area (Å²) in [7, 11) is 2.66. The second-order valence-corrected chi connectivity index (χ2v) is 3.74. The first-order valence-corrected chi connectivity index (χ1v) is 4.95. The normalized spacial score (nSPS) is 26.3. The number of carbonyl (C=O) groups is 2. The van der Waals surface area contributed by atoms with E-state index in [0.29, 0.717) is 5.57 Å². The van der Waals surface area contributed by atoms with Gasteiger partial charge in [-0.15, -0.1) is 0 Å². The number of carbonyl (C=O) groups excluding carboxylic acids is 2. The molecule has 2 aliphatic rings. The summed E-state index contributed by atoms with van der Waals surface area (Å²) in [5.74, 6) is -0.386. The molecule has 0 aromatic rings. The van der Waals surface area contributed by atoms with E-state index >= 15 is 0 Å². The summed E-state index contributed by atoms with van der Waals surface area (Å²) in [6, 6.07) is -0.517. The van der Waals surface area contributed by atoms with Crippen molar-refractivity contribution in [2.45, 2.75) is 19.0 Å². The number of hydrogen-bond acceptors (Lipinski definition) is 4. The quantitative estimate of drug-likeness (QED) is 0.489. The summed E-state index contributed by atoms with van der Waals surface area (Å²) >= 11 is 0. The second-order valence-electron chi connectivity index (χ2n) is 3.74. The van der Waals surface area contributed by atoms with E-state index in [-0.39, 0.29) is 18.1 Å². The minimum Gasteiger partial charge on any atom is -0.466 e. The van der Waals surface area contributed by atoms with Crippen LogP contribution < -0.4 is 0 Å². The minimum atomic E-state index is -0.432. The first-order chi connectivity index (χ1) is 7.61. The van der Waals surface area contributed by atoms with E-state index in [2.05, 4.69) is 0 Å². The fourth-order valence-corrected chi connectivity index (χ4v) is 2.27. The molecule has 2 atom stereocenters.